The second-order valence-electron chi connectivity index (χ2n) is 3.88. The fourth-order valence-corrected chi connectivity index (χ4v) is 2.62. The van der Waals surface area contributed by atoms with Crippen LogP contribution in [-0.2, 0) is 6.42 Å². The van der Waals surface area contributed by atoms with Crippen molar-refractivity contribution in [3.05, 3.63) is 51.7 Å². The molecule has 0 saturated carbocycles. The first-order valence-electron chi connectivity index (χ1n) is 5.40. The standard InChI is InChI=1S/C14H14O2S/c1-10-8-17-9-12(10)13(15)7-11-5-3-4-6-14(11)16-2/h3-6,8-9H,7H2,1-2H3. The van der Waals surface area contributed by atoms with Crippen molar-refractivity contribution >= 4 is 17.1 Å². The summed E-state index contributed by atoms with van der Waals surface area (Å²) < 4.78 is 5.24. The van der Waals surface area contributed by atoms with Crippen LogP contribution in [0.15, 0.2) is 35.0 Å². The largest absolute Gasteiger partial charge is 0.496 e. The minimum atomic E-state index is 0.147. The highest BCUT2D eigenvalue weighted by Crippen LogP contribution is 2.21. The molecule has 0 N–H and O–H groups in total. The quantitative estimate of drug-likeness (QED) is 0.772. The molecular weight excluding hydrogens is 232 g/mol. The number of benzene rings is 1. The highest BCUT2D eigenvalue weighted by atomic mass is 32.1. The van der Waals surface area contributed by atoms with Gasteiger partial charge in [0.1, 0.15) is 5.75 Å². The van der Waals surface area contributed by atoms with Gasteiger partial charge in [-0.25, -0.2) is 0 Å². The molecule has 1 heterocycles. The van der Waals surface area contributed by atoms with Gasteiger partial charge in [-0.15, -0.1) is 0 Å². The van der Waals surface area contributed by atoms with E-state index in [0.29, 0.717) is 6.42 Å². The van der Waals surface area contributed by atoms with Crippen molar-refractivity contribution < 1.29 is 9.53 Å². The monoisotopic (exact) mass is 246 g/mol. The number of thiophene rings is 1. The first-order valence-corrected chi connectivity index (χ1v) is 6.34. The van der Waals surface area contributed by atoms with Crippen LogP contribution in [-0.4, -0.2) is 12.9 Å². The maximum atomic E-state index is 12.1. The minimum absolute atomic E-state index is 0.147. The molecule has 88 valence electrons. The predicted octanol–water partition coefficient (Wildman–Crippen LogP) is 3.49. The van der Waals surface area contributed by atoms with Crippen LogP contribution in [0.4, 0.5) is 0 Å². The van der Waals surface area contributed by atoms with Crippen LogP contribution in [0.25, 0.3) is 0 Å². The Balaban J connectivity index is 2.22. The number of hydrogen-bond acceptors (Lipinski definition) is 3. The first kappa shape index (κ1) is 11.9. The van der Waals surface area contributed by atoms with Crippen LogP contribution in [0.3, 0.4) is 0 Å². The van der Waals surface area contributed by atoms with Crippen LogP contribution in [0.2, 0.25) is 0 Å². The number of hydrogen-bond donors (Lipinski definition) is 0. The molecule has 0 radical (unpaired) electrons. The lowest BCUT2D eigenvalue weighted by Crippen LogP contribution is -2.05. The van der Waals surface area contributed by atoms with Gasteiger partial charge in [-0.1, -0.05) is 18.2 Å². The van der Waals surface area contributed by atoms with Gasteiger partial charge in [-0.2, -0.15) is 11.3 Å². The summed E-state index contributed by atoms with van der Waals surface area (Å²) >= 11 is 1.56. The molecule has 2 rings (SSSR count). The van der Waals surface area contributed by atoms with Crippen LogP contribution in [0.1, 0.15) is 21.5 Å². The van der Waals surface area contributed by atoms with Crippen molar-refractivity contribution in [3.63, 3.8) is 0 Å². The third-order valence-corrected chi connectivity index (χ3v) is 3.56. The maximum Gasteiger partial charge on any atom is 0.168 e. The third kappa shape index (κ3) is 2.56. The second-order valence-corrected chi connectivity index (χ2v) is 4.62. The van der Waals surface area contributed by atoms with E-state index in [1.54, 1.807) is 18.4 Å². The maximum absolute atomic E-state index is 12.1. The van der Waals surface area contributed by atoms with Gasteiger partial charge >= 0.3 is 0 Å². The van der Waals surface area contributed by atoms with Gasteiger partial charge in [0.05, 0.1) is 7.11 Å². The molecule has 0 bridgehead atoms. The van der Waals surface area contributed by atoms with Gasteiger partial charge in [0.2, 0.25) is 0 Å². The highest BCUT2D eigenvalue weighted by Gasteiger charge is 2.12. The molecule has 1 aromatic heterocycles. The zero-order valence-electron chi connectivity index (χ0n) is 9.90. The number of methoxy groups -OCH3 is 1. The number of ketones is 1. The number of rotatable bonds is 4. The van der Waals surface area contributed by atoms with E-state index in [2.05, 4.69) is 0 Å². The normalized spacial score (nSPS) is 10.2. The molecule has 0 atom stereocenters. The van der Waals surface area contributed by atoms with Crippen molar-refractivity contribution in [2.75, 3.05) is 7.11 Å². The summed E-state index contributed by atoms with van der Waals surface area (Å²) in [5.41, 5.74) is 2.81. The van der Waals surface area contributed by atoms with Crippen LogP contribution < -0.4 is 4.74 Å². The number of ether oxygens (including phenoxy) is 1. The number of para-hydroxylation sites is 1. The van der Waals surface area contributed by atoms with E-state index in [9.17, 15) is 4.79 Å². The Hall–Kier alpha value is -1.61. The molecule has 0 saturated heterocycles. The number of Topliss-reactive ketones (excluding diaryl/α,β-unsaturated/α-hetero) is 1. The van der Waals surface area contributed by atoms with Gasteiger partial charge in [0.25, 0.3) is 0 Å². The topological polar surface area (TPSA) is 26.3 Å². The number of aryl methyl sites for hydroxylation is 1. The fourth-order valence-electron chi connectivity index (χ4n) is 1.76. The van der Waals surface area contributed by atoms with E-state index in [-0.39, 0.29) is 5.78 Å². The Labute approximate surface area is 105 Å². The molecule has 0 fully saturated rings. The molecule has 2 aromatic rings. The summed E-state index contributed by atoms with van der Waals surface area (Å²) in [6, 6.07) is 7.63. The van der Waals surface area contributed by atoms with E-state index in [0.717, 1.165) is 22.4 Å². The lowest BCUT2D eigenvalue weighted by atomic mass is 10.0. The summed E-state index contributed by atoms with van der Waals surface area (Å²) in [7, 11) is 1.62. The Morgan fingerprint density at radius 1 is 1.29 bits per heavy atom. The Kier molecular flexibility index (Phi) is 3.59. The highest BCUT2D eigenvalue weighted by molar-refractivity contribution is 7.08. The van der Waals surface area contributed by atoms with Crippen LogP contribution in [0.5, 0.6) is 5.75 Å². The van der Waals surface area contributed by atoms with Gasteiger partial charge in [0, 0.05) is 22.9 Å². The molecule has 17 heavy (non-hydrogen) atoms. The fraction of sp³-hybridized carbons (Fsp3) is 0.214. The Bertz CT molecular complexity index is 529. The lowest BCUT2D eigenvalue weighted by molar-refractivity contribution is 0.0992. The average molecular weight is 246 g/mol. The lowest BCUT2D eigenvalue weighted by Gasteiger charge is -2.07. The smallest absolute Gasteiger partial charge is 0.168 e. The van der Waals surface area contributed by atoms with E-state index in [1.807, 2.05) is 41.9 Å². The van der Waals surface area contributed by atoms with Crippen LogP contribution in [0, 0.1) is 6.92 Å². The zero-order chi connectivity index (χ0) is 12.3. The number of carbonyl (C=O) groups excluding carboxylic acids is 1. The molecule has 3 heteroatoms. The first-order chi connectivity index (χ1) is 8.22. The molecule has 0 spiro atoms. The van der Waals surface area contributed by atoms with Crippen molar-refractivity contribution in [3.8, 4) is 5.75 Å². The van der Waals surface area contributed by atoms with Crippen molar-refractivity contribution in [1.29, 1.82) is 0 Å². The summed E-state index contributed by atoms with van der Waals surface area (Å²) in [6.07, 6.45) is 0.390. The summed E-state index contributed by atoms with van der Waals surface area (Å²) in [5, 5.41) is 3.91. The molecule has 0 aliphatic heterocycles. The molecular formula is C14H14O2S. The SMILES string of the molecule is COc1ccccc1CC(=O)c1cscc1C. The zero-order valence-corrected chi connectivity index (χ0v) is 10.7. The van der Waals surface area contributed by atoms with Gasteiger partial charge in [-0.05, 0) is 23.9 Å². The third-order valence-electron chi connectivity index (χ3n) is 2.70. The van der Waals surface area contributed by atoms with Gasteiger partial charge < -0.3 is 4.74 Å². The van der Waals surface area contributed by atoms with E-state index >= 15 is 0 Å². The molecule has 0 aliphatic rings. The molecule has 0 amide bonds. The van der Waals surface area contributed by atoms with Crippen LogP contribution >= 0.6 is 11.3 Å². The van der Waals surface area contributed by atoms with E-state index < -0.39 is 0 Å². The predicted molar refractivity (Wildman–Crippen MR) is 70.1 cm³/mol. The number of carbonyl (C=O) groups is 1. The summed E-state index contributed by atoms with van der Waals surface area (Å²) in [6.45, 7) is 1.96. The van der Waals surface area contributed by atoms with Crippen molar-refractivity contribution in [2.24, 2.45) is 0 Å². The van der Waals surface area contributed by atoms with E-state index in [4.69, 9.17) is 4.74 Å². The Morgan fingerprint density at radius 2 is 2.06 bits per heavy atom. The molecule has 0 aliphatic carbocycles. The minimum Gasteiger partial charge on any atom is -0.496 e. The van der Waals surface area contributed by atoms with Gasteiger partial charge in [0.15, 0.2) is 5.78 Å². The molecule has 2 nitrogen and oxygen atoms in total. The summed E-state index contributed by atoms with van der Waals surface area (Å²) in [4.78, 5) is 12.1. The second kappa shape index (κ2) is 5.15. The molecule has 0 unspecified atom stereocenters. The molecule has 1 aromatic carbocycles. The average Bonchev–Trinajstić information content (AvgIpc) is 2.76. The Morgan fingerprint density at radius 3 is 2.71 bits per heavy atom. The summed E-state index contributed by atoms with van der Waals surface area (Å²) in [5.74, 6) is 0.919. The van der Waals surface area contributed by atoms with Crippen molar-refractivity contribution in [2.45, 2.75) is 13.3 Å². The van der Waals surface area contributed by atoms with Crippen molar-refractivity contribution in [1.82, 2.24) is 0 Å². The van der Waals surface area contributed by atoms with Gasteiger partial charge in [-0.3, -0.25) is 4.79 Å². The van der Waals surface area contributed by atoms with E-state index in [1.165, 1.54) is 0 Å².